The normalized spacial score (nSPS) is 12.1. The van der Waals surface area contributed by atoms with Crippen LogP contribution in [0.3, 0.4) is 0 Å². The zero-order chi connectivity index (χ0) is 26.8. The topological polar surface area (TPSA) is 41.6 Å². The standard InChI is InChI=1S/C29H32ClF3N2O2.ClH/c1-21(23-10-4-3-5-11-23)19-35(20-24-12-7-14-26(28(24)30)29(31,32)33)15-8-16-37-25-13-6-9-22(17-25)18-27(36)34-2;/h3-7,9-14,17,21H,8,15-16,18-20H2,1-2H3,(H,34,36);1H. The van der Waals surface area contributed by atoms with E-state index in [2.05, 4.69) is 29.3 Å². The van der Waals surface area contributed by atoms with Gasteiger partial charge in [0.2, 0.25) is 5.91 Å². The molecule has 0 saturated heterocycles. The van der Waals surface area contributed by atoms with Crippen LogP contribution in [-0.4, -0.2) is 37.6 Å². The molecule has 1 amide bonds. The van der Waals surface area contributed by atoms with Crippen LogP contribution in [0.1, 0.15) is 41.5 Å². The molecule has 0 heterocycles. The summed E-state index contributed by atoms with van der Waals surface area (Å²) < 4.78 is 46.1. The predicted octanol–water partition coefficient (Wildman–Crippen LogP) is 7.14. The molecule has 0 aliphatic carbocycles. The highest BCUT2D eigenvalue weighted by Crippen LogP contribution is 2.36. The first kappa shape index (κ1) is 31.5. The Morgan fingerprint density at radius 2 is 1.76 bits per heavy atom. The monoisotopic (exact) mass is 568 g/mol. The van der Waals surface area contributed by atoms with Gasteiger partial charge in [-0.05, 0) is 47.2 Å². The molecule has 0 bridgehead atoms. The van der Waals surface area contributed by atoms with Crippen LogP contribution in [0.5, 0.6) is 5.75 Å². The van der Waals surface area contributed by atoms with E-state index in [-0.39, 0.29) is 35.7 Å². The van der Waals surface area contributed by atoms with Crippen LogP contribution in [-0.2, 0) is 23.9 Å². The Hall–Kier alpha value is -2.74. The van der Waals surface area contributed by atoms with Crippen molar-refractivity contribution in [2.45, 2.75) is 38.4 Å². The van der Waals surface area contributed by atoms with E-state index in [9.17, 15) is 18.0 Å². The Morgan fingerprint density at radius 1 is 1.05 bits per heavy atom. The number of nitrogens with one attached hydrogen (secondary N) is 1. The molecule has 0 fully saturated rings. The van der Waals surface area contributed by atoms with Crippen molar-refractivity contribution < 1.29 is 22.7 Å². The summed E-state index contributed by atoms with van der Waals surface area (Å²) in [5.74, 6) is 0.771. The van der Waals surface area contributed by atoms with E-state index in [1.54, 1.807) is 13.1 Å². The zero-order valence-corrected chi connectivity index (χ0v) is 23.0. The second kappa shape index (κ2) is 15.0. The van der Waals surface area contributed by atoms with Crippen molar-refractivity contribution in [1.82, 2.24) is 10.2 Å². The number of halogens is 5. The molecule has 0 radical (unpaired) electrons. The highest BCUT2D eigenvalue weighted by atomic mass is 35.5. The van der Waals surface area contributed by atoms with Crippen molar-refractivity contribution >= 4 is 29.9 Å². The number of likely N-dealkylation sites (N-methyl/N-ethyl adjacent to an activating group) is 1. The van der Waals surface area contributed by atoms with Crippen LogP contribution >= 0.6 is 24.0 Å². The highest BCUT2D eigenvalue weighted by molar-refractivity contribution is 6.32. The molecule has 0 aliphatic rings. The lowest BCUT2D eigenvalue weighted by atomic mass is 10.00. The van der Waals surface area contributed by atoms with Crippen molar-refractivity contribution in [1.29, 1.82) is 0 Å². The number of hydrogen-bond donors (Lipinski definition) is 1. The summed E-state index contributed by atoms with van der Waals surface area (Å²) in [4.78, 5) is 13.8. The lowest BCUT2D eigenvalue weighted by molar-refractivity contribution is -0.137. The molecule has 1 unspecified atom stereocenters. The molecular formula is C29H33Cl2F3N2O2. The number of ether oxygens (including phenoxy) is 1. The molecule has 0 saturated carbocycles. The van der Waals surface area contributed by atoms with Crippen LogP contribution in [0.2, 0.25) is 5.02 Å². The van der Waals surface area contributed by atoms with E-state index in [0.29, 0.717) is 44.0 Å². The van der Waals surface area contributed by atoms with E-state index in [1.165, 1.54) is 6.07 Å². The average Bonchev–Trinajstić information content (AvgIpc) is 2.87. The summed E-state index contributed by atoms with van der Waals surface area (Å²) >= 11 is 6.19. The Labute approximate surface area is 233 Å². The van der Waals surface area contributed by atoms with Gasteiger partial charge in [-0.15, -0.1) is 12.4 Å². The third-order valence-electron chi connectivity index (χ3n) is 6.11. The maximum absolute atomic E-state index is 13.4. The summed E-state index contributed by atoms with van der Waals surface area (Å²) in [5, 5.41) is 2.35. The molecule has 38 heavy (non-hydrogen) atoms. The number of hydrogen-bond acceptors (Lipinski definition) is 3. The van der Waals surface area contributed by atoms with E-state index < -0.39 is 11.7 Å². The molecule has 3 aromatic rings. The predicted molar refractivity (Wildman–Crippen MR) is 148 cm³/mol. The number of amides is 1. The van der Waals surface area contributed by atoms with Gasteiger partial charge in [0.1, 0.15) is 5.75 Å². The van der Waals surface area contributed by atoms with Gasteiger partial charge >= 0.3 is 6.18 Å². The van der Waals surface area contributed by atoms with E-state index in [1.807, 2.05) is 42.5 Å². The third kappa shape index (κ3) is 9.53. The van der Waals surface area contributed by atoms with Crippen molar-refractivity contribution in [2.75, 3.05) is 26.7 Å². The number of rotatable bonds is 12. The Balaban J connectivity index is 0.00000507. The Morgan fingerprint density at radius 3 is 2.45 bits per heavy atom. The van der Waals surface area contributed by atoms with Crippen LogP contribution < -0.4 is 10.1 Å². The molecule has 1 atom stereocenters. The molecule has 0 aliphatic heterocycles. The van der Waals surface area contributed by atoms with Gasteiger partial charge in [0.05, 0.1) is 23.6 Å². The highest BCUT2D eigenvalue weighted by Gasteiger charge is 2.34. The summed E-state index contributed by atoms with van der Waals surface area (Å²) in [5.41, 5.74) is 1.64. The van der Waals surface area contributed by atoms with E-state index in [4.69, 9.17) is 16.3 Å². The second-order valence-corrected chi connectivity index (χ2v) is 9.40. The fourth-order valence-electron chi connectivity index (χ4n) is 4.17. The average molecular weight is 569 g/mol. The summed E-state index contributed by atoms with van der Waals surface area (Å²) in [7, 11) is 1.60. The van der Waals surface area contributed by atoms with Crippen LogP contribution in [0.4, 0.5) is 13.2 Å². The molecule has 206 valence electrons. The minimum absolute atomic E-state index is 0. The number of carbonyl (C=O) groups excluding carboxylic acids is 1. The molecule has 1 N–H and O–H groups in total. The third-order valence-corrected chi connectivity index (χ3v) is 6.55. The fraction of sp³-hybridized carbons (Fsp3) is 0.345. The van der Waals surface area contributed by atoms with Gasteiger partial charge < -0.3 is 10.1 Å². The number of alkyl halides is 3. The summed E-state index contributed by atoms with van der Waals surface area (Å²) in [6, 6.07) is 21.5. The Kier molecular flexibility index (Phi) is 12.4. The molecule has 3 aromatic carbocycles. The largest absolute Gasteiger partial charge is 0.494 e. The number of nitrogens with zero attached hydrogens (tertiary/aromatic N) is 1. The number of benzene rings is 3. The molecular weight excluding hydrogens is 536 g/mol. The van der Waals surface area contributed by atoms with Crippen LogP contribution in [0, 0.1) is 0 Å². The van der Waals surface area contributed by atoms with E-state index >= 15 is 0 Å². The Bertz CT molecular complexity index is 1160. The first-order valence-corrected chi connectivity index (χ1v) is 12.6. The summed E-state index contributed by atoms with van der Waals surface area (Å²) in [6.07, 6.45) is -3.57. The lowest BCUT2D eigenvalue weighted by Gasteiger charge is -2.27. The second-order valence-electron chi connectivity index (χ2n) is 9.02. The molecule has 4 nitrogen and oxygen atoms in total. The fourth-order valence-corrected chi connectivity index (χ4v) is 4.46. The minimum atomic E-state index is -4.50. The quantitative estimate of drug-likeness (QED) is 0.236. The van der Waals surface area contributed by atoms with Crippen molar-refractivity contribution in [3.05, 3.63) is 100 Å². The van der Waals surface area contributed by atoms with Crippen molar-refractivity contribution in [3.8, 4) is 5.75 Å². The molecule has 9 heteroatoms. The zero-order valence-electron chi connectivity index (χ0n) is 21.4. The molecule has 0 spiro atoms. The van der Waals surface area contributed by atoms with Gasteiger partial charge in [-0.2, -0.15) is 13.2 Å². The lowest BCUT2D eigenvalue weighted by Crippen LogP contribution is -2.30. The molecule has 0 aromatic heterocycles. The van der Waals surface area contributed by atoms with Gasteiger partial charge in [0, 0.05) is 26.7 Å². The maximum Gasteiger partial charge on any atom is 0.417 e. The first-order valence-electron chi connectivity index (χ1n) is 12.2. The summed E-state index contributed by atoms with van der Waals surface area (Å²) in [6.45, 7) is 4.09. The SMILES string of the molecule is CNC(=O)Cc1cccc(OCCCN(Cc2cccc(C(F)(F)F)c2Cl)CC(C)c2ccccc2)c1.Cl. The van der Waals surface area contributed by atoms with Crippen LogP contribution in [0.15, 0.2) is 72.8 Å². The van der Waals surface area contributed by atoms with Gasteiger partial charge in [0.15, 0.2) is 0 Å². The van der Waals surface area contributed by atoms with E-state index in [0.717, 1.165) is 17.2 Å². The molecule has 3 rings (SSSR count). The number of carbonyl (C=O) groups is 1. The van der Waals surface area contributed by atoms with Gasteiger partial charge in [-0.25, -0.2) is 0 Å². The van der Waals surface area contributed by atoms with Crippen LogP contribution in [0.25, 0.3) is 0 Å². The smallest absolute Gasteiger partial charge is 0.417 e. The van der Waals surface area contributed by atoms with Gasteiger partial charge in [-0.1, -0.05) is 73.1 Å². The first-order chi connectivity index (χ1) is 17.7. The maximum atomic E-state index is 13.4. The minimum Gasteiger partial charge on any atom is -0.494 e. The van der Waals surface area contributed by atoms with Gasteiger partial charge in [-0.3, -0.25) is 9.69 Å². The van der Waals surface area contributed by atoms with Crippen molar-refractivity contribution in [3.63, 3.8) is 0 Å². The van der Waals surface area contributed by atoms with Crippen molar-refractivity contribution in [2.24, 2.45) is 0 Å². The van der Waals surface area contributed by atoms with Gasteiger partial charge in [0.25, 0.3) is 0 Å².